The molecular formula is C24H18F3N7O2. The van der Waals surface area contributed by atoms with E-state index in [0.29, 0.717) is 11.4 Å². The highest BCUT2D eigenvalue weighted by atomic mass is 19.4. The van der Waals surface area contributed by atoms with Crippen LogP contribution < -0.4 is 10.9 Å². The van der Waals surface area contributed by atoms with Gasteiger partial charge in [-0.2, -0.15) is 33.0 Å². The molecule has 0 unspecified atom stereocenters. The van der Waals surface area contributed by atoms with Gasteiger partial charge < -0.3 is 5.32 Å². The molecule has 0 aliphatic carbocycles. The number of hydrogen-bond acceptors (Lipinski definition) is 5. The van der Waals surface area contributed by atoms with E-state index in [2.05, 4.69) is 25.5 Å². The number of aryl methyl sites for hydroxylation is 2. The number of fused-ring (bicyclic) bond motifs is 1. The smallest absolute Gasteiger partial charge is 0.306 e. The third-order valence-corrected chi connectivity index (χ3v) is 5.42. The topological polar surface area (TPSA) is 110 Å². The van der Waals surface area contributed by atoms with E-state index in [1.807, 2.05) is 31.2 Å². The molecule has 0 aliphatic heterocycles. The van der Waals surface area contributed by atoms with Gasteiger partial charge in [-0.1, -0.05) is 12.1 Å². The quantitative estimate of drug-likeness (QED) is 0.390. The molecule has 0 spiro atoms. The number of alkyl halides is 3. The zero-order valence-electron chi connectivity index (χ0n) is 19.0. The molecule has 2 N–H and O–H groups in total. The molecule has 3 aromatic heterocycles. The molecule has 0 radical (unpaired) electrons. The van der Waals surface area contributed by atoms with Crippen LogP contribution in [0.2, 0.25) is 0 Å². The van der Waals surface area contributed by atoms with E-state index in [-0.39, 0.29) is 28.4 Å². The van der Waals surface area contributed by atoms with Gasteiger partial charge >= 0.3 is 6.18 Å². The van der Waals surface area contributed by atoms with Crippen molar-refractivity contribution in [2.75, 3.05) is 5.32 Å². The van der Waals surface area contributed by atoms with Crippen LogP contribution >= 0.6 is 0 Å². The number of carbonyl (C=O) groups excluding carboxylic acids is 1. The summed E-state index contributed by atoms with van der Waals surface area (Å²) in [4.78, 5) is 32.7. The largest absolute Gasteiger partial charge is 0.416 e. The van der Waals surface area contributed by atoms with Gasteiger partial charge in [0.25, 0.3) is 11.5 Å². The summed E-state index contributed by atoms with van der Waals surface area (Å²) >= 11 is 0. The summed E-state index contributed by atoms with van der Waals surface area (Å²) in [6.07, 6.45) is -3.10. The average molecular weight is 493 g/mol. The molecule has 3 heterocycles. The van der Waals surface area contributed by atoms with Crippen LogP contribution in [0.15, 0.2) is 65.6 Å². The Hall–Kier alpha value is -4.74. The zero-order valence-corrected chi connectivity index (χ0v) is 19.0. The second-order valence-electron chi connectivity index (χ2n) is 8.13. The maximum absolute atomic E-state index is 12.8. The van der Waals surface area contributed by atoms with Gasteiger partial charge in [-0.05, 0) is 55.8 Å². The van der Waals surface area contributed by atoms with Crippen molar-refractivity contribution in [3.05, 3.63) is 93.5 Å². The molecule has 0 saturated carbocycles. The number of hydrogen-bond donors (Lipinski definition) is 2. The Bertz CT molecular complexity index is 1660. The highest BCUT2D eigenvalue weighted by Crippen LogP contribution is 2.29. The van der Waals surface area contributed by atoms with Crippen molar-refractivity contribution < 1.29 is 18.0 Å². The Morgan fingerprint density at radius 3 is 2.47 bits per heavy atom. The molecule has 5 rings (SSSR count). The molecule has 12 heteroatoms. The third kappa shape index (κ3) is 4.24. The fourth-order valence-corrected chi connectivity index (χ4v) is 3.70. The minimum atomic E-state index is -4.51. The zero-order chi connectivity index (χ0) is 25.6. The summed E-state index contributed by atoms with van der Waals surface area (Å²) in [7, 11) is 0. The molecule has 0 bridgehead atoms. The molecule has 0 atom stereocenters. The standard InChI is InChI=1S/C24H18F3N7O2/c1-13-4-3-5-17(10-13)33-20-18(12-28-33)22(36)31-23(30-20)34-19(11-14(2)32-34)29-21(35)15-6-8-16(9-7-15)24(25,26)27/h3-12H,1-2H3,(H,29,35)(H,30,31,36). The lowest BCUT2D eigenvalue weighted by Crippen LogP contribution is -2.19. The Balaban J connectivity index is 1.53. The summed E-state index contributed by atoms with van der Waals surface area (Å²) in [5, 5.41) is 11.5. The minimum Gasteiger partial charge on any atom is -0.306 e. The molecule has 0 aliphatic rings. The number of aromatic amines is 1. The number of H-pyrrole nitrogens is 1. The van der Waals surface area contributed by atoms with Crippen LogP contribution in [0.25, 0.3) is 22.7 Å². The van der Waals surface area contributed by atoms with Crippen LogP contribution in [0.1, 0.15) is 27.2 Å². The van der Waals surface area contributed by atoms with Gasteiger partial charge in [-0.3, -0.25) is 14.6 Å². The summed E-state index contributed by atoms with van der Waals surface area (Å²) in [5.74, 6) is -0.461. The van der Waals surface area contributed by atoms with Crippen molar-refractivity contribution in [2.24, 2.45) is 0 Å². The van der Waals surface area contributed by atoms with Crippen molar-refractivity contribution in [3.63, 3.8) is 0 Å². The van der Waals surface area contributed by atoms with Crippen LogP contribution in [0.4, 0.5) is 19.0 Å². The molecule has 2 aromatic carbocycles. The lowest BCUT2D eigenvalue weighted by Gasteiger charge is -2.10. The van der Waals surface area contributed by atoms with Gasteiger partial charge in [0, 0.05) is 11.6 Å². The normalized spacial score (nSPS) is 11.7. The molecule has 9 nitrogen and oxygen atoms in total. The van der Waals surface area contributed by atoms with E-state index in [0.717, 1.165) is 29.8 Å². The molecule has 5 aromatic rings. The van der Waals surface area contributed by atoms with Gasteiger partial charge in [0.15, 0.2) is 5.65 Å². The van der Waals surface area contributed by atoms with Gasteiger partial charge in [-0.15, -0.1) is 0 Å². The van der Waals surface area contributed by atoms with Crippen molar-refractivity contribution in [2.45, 2.75) is 20.0 Å². The van der Waals surface area contributed by atoms with E-state index in [1.54, 1.807) is 13.0 Å². The predicted molar refractivity (Wildman–Crippen MR) is 125 cm³/mol. The van der Waals surface area contributed by atoms with Crippen LogP contribution in [0.3, 0.4) is 0 Å². The number of benzene rings is 2. The summed E-state index contributed by atoms with van der Waals surface area (Å²) in [6, 6.07) is 12.9. The van der Waals surface area contributed by atoms with Crippen LogP contribution in [0.5, 0.6) is 0 Å². The minimum absolute atomic E-state index is 0.0165. The maximum Gasteiger partial charge on any atom is 0.416 e. The number of nitrogens with zero attached hydrogens (tertiary/aromatic N) is 5. The number of rotatable bonds is 4. The third-order valence-electron chi connectivity index (χ3n) is 5.42. The van der Waals surface area contributed by atoms with Gasteiger partial charge in [0.05, 0.1) is 23.1 Å². The first-order valence-corrected chi connectivity index (χ1v) is 10.7. The maximum atomic E-state index is 12.8. The molecule has 36 heavy (non-hydrogen) atoms. The number of amides is 1. The first-order valence-electron chi connectivity index (χ1n) is 10.7. The van der Waals surface area contributed by atoms with Crippen molar-refractivity contribution in [1.82, 2.24) is 29.5 Å². The molecular weight excluding hydrogens is 475 g/mol. The first-order chi connectivity index (χ1) is 17.1. The first kappa shape index (κ1) is 23.0. The van der Waals surface area contributed by atoms with Crippen LogP contribution in [0, 0.1) is 13.8 Å². The Morgan fingerprint density at radius 1 is 1.03 bits per heavy atom. The Morgan fingerprint density at radius 2 is 1.78 bits per heavy atom. The second kappa shape index (κ2) is 8.48. The van der Waals surface area contributed by atoms with Gasteiger partial charge in [0.2, 0.25) is 5.95 Å². The lowest BCUT2D eigenvalue weighted by atomic mass is 10.1. The average Bonchev–Trinajstić information content (AvgIpc) is 3.42. The van der Waals surface area contributed by atoms with E-state index < -0.39 is 23.2 Å². The van der Waals surface area contributed by atoms with Crippen molar-refractivity contribution in [1.29, 1.82) is 0 Å². The number of anilines is 1. The van der Waals surface area contributed by atoms with Gasteiger partial charge in [0.1, 0.15) is 11.2 Å². The fourth-order valence-electron chi connectivity index (χ4n) is 3.70. The Kier molecular flexibility index (Phi) is 5.43. The molecule has 0 saturated heterocycles. The number of aromatic nitrogens is 6. The van der Waals surface area contributed by atoms with E-state index in [4.69, 9.17) is 0 Å². The van der Waals surface area contributed by atoms with E-state index in [1.165, 1.54) is 15.6 Å². The highest BCUT2D eigenvalue weighted by molar-refractivity contribution is 6.04. The molecule has 1 amide bonds. The summed E-state index contributed by atoms with van der Waals surface area (Å²) in [5.41, 5.74) is 1.20. The van der Waals surface area contributed by atoms with Crippen molar-refractivity contribution >= 4 is 22.8 Å². The number of carbonyl (C=O) groups is 1. The number of halogens is 3. The summed E-state index contributed by atoms with van der Waals surface area (Å²) < 4.78 is 41.3. The highest BCUT2D eigenvalue weighted by Gasteiger charge is 2.30. The monoisotopic (exact) mass is 493 g/mol. The SMILES string of the molecule is Cc1cccc(-n2ncc3c(=O)[nH]c(-n4nc(C)cc4NC(=O)c4ccc(C(F)(F)F)cc4)nc32)c1. The second-order valence-corrected chi connectivity index (χ2v) is 8.13. The number of nitrogens with one attached hydrogen (secondary N) is 2. The van der Waals surface area contributed by atoms with E-state index in [9.17, 15) is 22.8 Å². The van der Waals surface area contributed by atoms with Gasteiger partial charge in [-0.25, -0.2) is 4.68 Å². The van der Waals surface area contributed by atoms with Crippen LogP contribution in [-0.2, 0) is 6.18 Å². The van der Waals surface area contributed by atoms with E-state index >= 15 is 0 Å². The Labute approximate surface area is 201 Å². The lowest BCUT2D eigenvalue weighted by molar-refractivity contribution is -0.137. The molecule has 0 fully saturated rings. The fraction of sp³-hybridized carbons (Fsp3) is 0.125. The molecule has 182 valence electrons. The van der Waals surface area contributed by atoms with Crippen molar-refractivity contribution in [3.8, 4) is 11.6 Å². The summed E-state index contributed by atoms with van der Waals surface area (Å²) in [6.45, 7) is 3.61. The van der Waals surface area contributed by atoms with Crippen LogP contribution in [-0.4, -0.2) is 35.4 Å². The predicted octanol–water partition coefficient (Wildman–Crippen LogP) is 4.18.